The van der Waals surface area contributed by atoms with E-state index in [4.69, 9.17) is 9.47 Å². The van der Waals surface area contributed by atoms with E-state index in [1.165, 1.54) is 0 Å². The fourth-order valence-electron chi connectivity index (χ4n) is 4.20. The Morgan fingerprint density at radius 1 is 1.09 bits per heavy atom. The van der Waals surface area contributed by atoms with E-state index in [9.17, 15) is 4.79 Å². The van der Waals surface area contributed by atoms with Gasteiger partial charge in [-0.05, 0) is 44.0 Å². The molecule has 2 heterocycles. The first-order valence-corrected chi connectivity index (χ1v) is 11.0. The van der Waals surface area contributed by atoms with Crippen molar-refractivity contribution in [3.8, 4) is 22.9 Å². The van der Waals surface area contributed by atoms with Crippen LogP contribution in [0.5, 0.6) is 11.5 Å². The molecule has 1 aliphatic rings. The second-order valence-electron chi connectivity index (χ2n) is 8.10. The standard InChI is InChI=1S/C25H30N4O3/c1-31-21-8-9-22(23(16-21)32-2)27-24(30)18-28-13-10-19(11-14-28)17-29-15-12-26-25(29)20-6-4-3-5-7-20/h3-9,12,15-16,19H,10-11,13-14,17-18H2,1-2H3,(H,27,30). The zero-order chi connectivity index (χ0) is 22.3. The number of ether oxygens (including phenoxy) is 2. The Kier molecular flexibility index (Phi) is 7.07. The lowest BCUT2D eigenvalue weighted by Gasteiger charge is -2.31. The molecule has 1 aliphatic heterocycles. The van der Waals surface area contributed by atoms with E-state index < -0.39 is 0 Å². The average molecular weight is 435 g/mol. The minimum atomic E-state index is -0.0344. The number of amides is 1. The molecule has 0 aliphatic carbocycles. The van der Waals surface area contributed by atoms with Crippen LogP contribution in [0.3, 0.4) is 0 Å². The van der Waals surface area contributed by atoms with Crippen molar-refractivity contribution in [1.82, 2.24) is 14.5 Å². The molecule has 0 radical (unpaired) electrons. The highest BCUT2D eigenvalue weighted by atomic mass is 16.5. The number of hydrogen-bond acceptors (Lipinski definition) is 5. The molecule has 1 fully saturated rings. The van der Waals surface area contributed by atoms with Crippen LogP contribution in [0.4, 0.5) is 5.69 Å². The highest BCUT2D eigenvalue weighted by Gasteiger charge is 2.22. The van der Waals surface area contributed by atoms with Crippen molar-refractivity contribution in [2.45, 2.75) is 19.4 Å². The summed E-state index contributed by atoms with van der Waals surface area (Å²) in [6.45, 7) is 3.15. The lowest BCUT2D eigenvalue weighted by atomic mass is 9.96. The number of aromatic nitrogens is 2. The van der Waals surface area contributed by atoms with Crippen LogP contribution in [0, 0.1) is 5.92 Å². The van der Waals surface area contributed by atoms with E-state index in [2.05, 4.69) is 38.1 Å². The van der Waals surface area contributed by atoms with E-state index in [0.29, 0.717) is 29.6 Å². The Morgan fingerprint density at radius 2 is 1.88 bits per heavy atom. The van der Waals surface area contributed by atoms with Crippen LogP contribution in [0.2, 0.25) is 0 Å². The highest BCUT2D eigenvalue weighted by molar-refractivity contribution is 5.93. The van der Waals surface area contributed by atoms with Gasteiger partial charge in [-0.3, -0.25) is 9.69 Å². The summed E-state index contributed by atoms with van der Waals surface area (Å²) in [7, 11) is 3.19. The van der Waals surface area contributed by atoms with Crippen molar-refractivity contribution in [1.29, 1.82) is 0 Å². The molecule has 0 unspecified atom stereocenters. The van der Waals surface area contributed by atoms with Crippen LogP contribution in [0.15, 0.2) is 60.9 Å². The molecule has 1 aromatic heterocycles. The third-order valence-corrected chi connectivity index (χ3v) is 5.96. The summed E-state index contributed by atoms with van der Waals surface area (Å²) in [5.41, 5.74) is 1.79. The van der Waals surface area contributed by atoms with Gasteiger partial charge >= 0.3 is 0 Å². The van der Waals surface area contributed by atoms with Gasteiger partial charge in [0.15, 0.2) is 0 Å². The molecule has 2 aromatic carbocycles. The number of benzene rings is 2. The Bertz CT molecular complexity index is 1030. The molecular weight excluding hydrogens is 404 g/mol. The molecule has 4 rings (SSSR count). The molecule has 168 valence electrons. The molecule has 1 N–H and O–H groups in total. The monoisotopic (exact) mass is 434 g/mol. The lowest BCUT2D eigenvalue weighted by molar-refractivity contribution is -0.117. The Labute approximate surface area is 189 Å². The molecule has 0 saturated carbocycles. The summed E-state index contributed by atoms with van der Waals surface area (Å²) in [5, 5.41) is 2.96. The number of nitrogens with zero attached hydrogens (tertiary/aromatic N) is 3. The number of carbonyl (C=O) groups is 1. The number of anilines is 1. The van der Waals surface area contributed by atoms with Crippen LogP contribution in [0.25, 0.3) is 11.4 Å². The van der Waals surface area contributed by atoms with Gasteiger partial charge in [-0.25, -0.2) is 4.98 Å². The van der Waals surface area contributed by atoms with Gasteiger partial charge in [0.1, 0.15) is 17.3 Å². The number of likely N-dealkylation sites (tertiary alicyclic amines) is 1. The molecular formula is C25H30N4O3. The summed E-state index contributed by atoms with van der Waals surface area (Å²) in [6, 6.07) is 15.7. The normalized spacial score (nSPS) is 14.8. The zero-order valence-electron chi connectivity index (χ0n) is 18.7. The SMILES string of the molecule is COc1ccc(NC(=O)CN2CCC(Cn3ccnc3-c3ccccc3)CC2)c(OC)c1. The fraction of sp³-hybridized carbons (Fsp3) is 0.360. The minimum Gasteiger partial charge on any atom is -0.497 e. The second kappa shape index (κ2) is 10.3. The number of hydrogen-bond donors (Lipinski definition) is 1. The summed E-state index contributed by atoms with van der Waals surface area (Å²) >= 11 is 0. The second-order valence-corrected chi connectivity index (χ2v) is 8.10. The van der Waals surface area contributed by atoms with Crippen LogP contribution in [0.1, 0.15) is 12.8 Å². The van der Waals surface area contributed by atoms with Crippen LogP contribution in [-0.4, -0.2) is 54.2 Å². The van der Waals surface area contributed by atoms with Gasteiger partial charge < -0.3 is 19.4 Å². The highest BCUT2D eigenvalue weighted by Crippen LogP contribution is 2.29. The van der Waals surface area contributed by atoms with Crippen LogP contribution >= 0.6 is 0 Å². The van der Waals surface area contributed by atoms with Gasteiger partial charge in [-0.2, -0.15) is 0 Å². The predicted octanol–water partition coefficient (Wildman–Crippen LogP) is 3.92. The van der Waals surface area contributed by atoms with Crippen molar-refractivity contribution in [3.05, 3.63) is 60.9 Å². The average Bonchev–Trinajstić information content (AvgIpc) is 3.29. The predicted molar refractivity (Wildman–Crippen MR) is 125 cm³/mol. The number of carbonyl (C=O) groups excluding carboxylic acids is 1. The molecule has 32 heavy (non-hydrogen) atoms. The first kappa shape index (κ1) is 21.9. The van der Waals surface area contributed by atoms with Crippen molar-refractivity contribution in [3.63, 3.8) is 0 Å². The Morgan fingerprint density at radius 3 is 2.59 bits per heavy atom. The third kappa shape index (κ3) is 5.29. The lowest BCUT2D eigenvalue weighted by Crippen LogP contribution is -2.40. The fourth-order valence-corrected chi connectivity index (χ4v) is 4.20. The zero-order valence-corrected chi connectivity index (χ0v) is 18.7. The molecule has 7 heteroatoms. The summed E-state index contributed by atoms with van der Waals surface area (Å²) in [4.78, 5) is 19.4. The molecule has 0 atom stereocenters. The molecule has 0 bridgehead atoms. The van der Waals surface area contributed by atoms with Gasteiger partial charge in [-0.15, -0.1) is 0 Å². The summed E-state index contributed by atoms with van der Waals surface area (Å²) in [5.74, 6) is 2.84. The van der Waals surface area contributed by atoms with Crippen LogP contribution in [-0.2, 0) is 11.3 Å². The maximum atomic E-state index is 12.6. The first-order chi connectivity index (χ1) is 15.7. The Hall–Kier alpha value is -3.32. The van der Waals surface area contributed by atoms with E-state index in [-0.39, 0.29) is 5.91 Å². The summed E-state index contributed by atoms with van der Waals surface area (Å²) in [6.07, 6.45) is 6.05. The van der Waals surface area contributed by atoms with Crippen LogP contribution < -0.4 is 14.8 Å². The molecule has 3 aromatic rings. The van der Waals surface area contributed by atoms with E-state index in [1.807, 2.05) is 30.5 Å². The number of piperidine rings is 1. The maximum Gasteiger partial charge on any atom is 0.238 e. The topological polar surface area (TPSA) is 68.6 Å². The van der Waals surface area contributed by atoms with Gasteiger partial charge in [-0.1, -0.05) is 30.3 Å². The van der Waals surface area contributed by atoms with Crippen molar-refractivity contribution < 1.29 is 14.3 Å². The Balaban J connectivity index is 1.28. The summed E-state index contributed by atoms with van der Waals surface area (Å²) < 4.78 is 12.8. The largest absolute Gasteiger partial charge is 0.497 e. The van der Waals surface area contributed by atoms with E-state index in [0.717, 1.165) is 43.9 Å². The van der Waals surface area contributed by atoms with Gasteiger partial charge in [0, 0.05) is 30.6 Å². The number of methoxy groups -OCH3 is 2. The van der Waals surface area contributed by atoms with Crippen molar-refractivity contribution in [2.24, 2.45) is 5.92 Å². The smallest absolute Gasteiger partial charge is 0.238 e. The van der Waals surface area contributed by atoms with Crippen molar-refractivity contribution >= 4 is 11.6 Å². The minimum absolute atomic E-state index is 0.0344. The third-order valence-electron chi connectivity index (χ3n) is 5.96. The number of imidazole rings is 1. The van der Waals surface area contributed by atoms with E-state index in [1.54, 1.807) is 26.4 Å². The molecule has 7 nitrogen and oxygen atoms in total. The van der Waals surface area contributed by atoms with E-state index >= 15 is 0 Å². The first-order valence-electron chi connectivity index (χ1n) is 11.0. The molecule has 0 spiro atoms. The van der Waals surface area contributed by atoms with Gasteiger partial charge in [0.05, 0.1) is 26.5 Å². The number of nitrogens with one attached hydrogen (secondary N) is 1. The van der Waals surface area contributed by atoms with Gasteiger partial charge in [0.2, 0.25) is 5.91 Å². The van der Waals surface area contributed by atoms with Crippen molar-refractivity contribution in [2.75, 3.05) is 39.2 Å². The van der Waals surface area contributed by atoms with Gasteiger partial charge in [0.25, 0.3) is 0 Å². The molecule has 1 saturated heterocycles. The molecule has 1 amide bonds. The maximum absolute atomic E-state index is 12.6. The number of rotatable bonds is 8. The quantitative estimate of drug-likeness (QED) is 0.582.